The van der Waals surface area contributed by atoms with Gasteiger partial charge < -0.3 is 4.74 Å². The standard InChI is InChI=1S/C16H15FO2/c1-11-4-14(7-15(17)5-11)10-19-16-6-12(2)3-13(8-16)9-18/h3-9H,10H2,1-2H3. The fraction of sp³-hybridized carbons (Fsp3) is 0.188. The first-order valence-electron chi connectivity index (χ1n) is 6.02. The largest absolute Gasteiger partial charge is 0.489 e. The molecule has 0 aliphatic carbocycles. The number of carbonyl (C=O) groups excluding carboxylic acids is 1. The monoisotopic (exact) mass is 258 g/mol. The molecule has 98 valence electrons. The average molecular weight is 258 g/mol. The Kier molecular flexibility index (Phi) is 3.95. The highest BCUT2D eigenvalue weighted by Gasteiger charge is 2.02. The second kappa shape index (κ2) is 5.65. The van der Waals surface area contributed by atoms with Crippen molar-refractivity contribution in [2.24, 2.45) is 0 Å². The Labute approximate surface area is 111 Å². The van der Waals surface area contributed by atoms with Crippen LogP contribution in [0.4, 0.5) is 4.39 Å². The fourth-order valence-electron chi connectivity index (χ4n) is 1.99. The van der Waals surface area contributed by atoms with E-state index in [2.05, 4.69) is 0 Å². The topological polar surface area (TPSA) is 26.3 Å². The maximum Gasteiger partial charge on any atom is 0.150 e. The van der Waals surface area contributed by atoms with E-state index in [1.165, 1.54) is 12.1 Å². The van der Waals surface area contributed by atoms with Crippen LogP contribution in [0.1, 0.15) is 27.0 Å². The highest BCUT2D eigenvalue weighted by atomic mass is 19.1. The number of halogens is 1. The van der Waals surface area contributed by atoms with E-state index in [-0.39, 0.29) is 12.4 Å². The Morgan fingerprint density at radius 2 is 1.79 bits per heavy atom. The molecule has 0 spiro atoms. The third-order valence-corrected chi connectivity index (χ3v) is 2.72. The highest BCUT2D eigenvalue weighted by Crippen LogP contribution is 2.18. The Balaban J connectivity index is 2.13. The third kappa shape index (κ3) is 3.65. The summed E-state index contributed by atoms with van der Waals surface area (Å²) in [6.07, 6.45) is 0.784. The number of hydrogen-bond acceptors (Lipinski definition) is 2. The summed E-state index contributed by atoms with van der Waals surface area (Å²) in [4.78, 5) is 10.8. The van der Waals surface area contributed by atoms with Crippen molar-refractivity contribution < 1.29 is 13.9 Å². The van der Waals surface area contributed by atoms with E-state index in [9.17, 15) is 9.18 Å². The molecule has 0 aromatic heterocycles. The zero-order valence-electron chi connectivity index (χ0n) is 10.9. The first kappa shape index (κ1) is 13.3. The predicted molar refractivity (Wildman–Crippen MR) is 72.0 cm³/mol. The number of aryl methyl sites for hydroxylation is 2. The fourth-order valence-corrected chi connectivity index (χ4v) is 1.99. The van der Waals surface area contributed by atoms with Crippen molar-refractivity contribution in [2.45, 2.75) is 20.5 Å². The molecule has 2 nitrogen and oxygen atoms in total. The minimum Gasteiger partial charge on any atom is -0.489 e. The van der Waals surface area contributed by atoms with Crippen molar-refractivity contribution in [3.05, 3.63) is 64.5 Å². The van der Waals surface area contributed by atoms with E-state index in [1.807, 2.05) is 26.0 Å². The molecule has 3 heteroatoms. The van der Waals surface area contributed by atoms with E-state index in [0.717, 1.165) is 23.0 Å². The van der Waals surface area contributed by atoms with Gasteiger partial charge in [0.05, 0.1) is 0 Å². The lowest BCUT2D eigenvalue weighted by atomic mass is 10.1. The van der Waals surface area contributed by atoms with Crippen LogP contribution in [-0.2, 0) is 6.61 Å². The molecule has 0 aliphatic heterocycles. The molecular formula is C16H15FO2. The molecule has 0 atom stereocenters. The van der Waals surface area contributed by atoms with Gasteiger partial charge in [-0.2, -0.15) is 0 Å². The quantitative estimate of drug-likeness (QED) is 0.779. The molecule has 0 amide bonds. The summed E-state index contributed by atoms with van der Waals surface area (Å²) in [5.74, 6) is 0.348. The van der Waals surface area contributed by atoms with Gasteiger partial charge in [-0.15, -0.1) is 0 Å². The molecule has 19 heavy (non-hydrogen) atoms. The van der Waals surface area contributed by atoms with Crippen molar-refractivity contribution in [1.29, 1.82) is 0 Å². The highest BCUT2D eigenvalue weighted by molar-refractivity contribution is 5.76. The second-order valence-electron chi connectivity index (χ2n) is 4.62. The normalized spacial score (nSPS) is 10.3. The molecule has 0 N–H and O–H groups in total. The maximum absolute atomic E-state index is 13.2. The first-order chi connectivity index (χ1) is 9.06. The number of benzene rings is 2. The lowest BCUT2D eigenvalue weighted by molar-refractivity contribution is 0.112. The van der Waals surface area contributed by atoms with E-state index < -0.39 is 0 Å². The number of rotatable bonds is 4. The molecule has 0 aliphatic rings. The van der Waals surface area contributed by atoms with E-state index in [0.29, 0.717) is 11.3 Å². The van der Waals surface area contributed by atoms with Crippen molar-refractivity contribution in [3.8, 4) is 5.75 Å². The Morgan fingerprint density at radius 1 is 1.05 bits per heavy atom. The summed E-state index contributed by atoms with van der Waals surface area (Å²) in [6, 6.07) is 10.1. The molecule has 0 radical (unpaired) electrons. The van der Waals surface area contributed by atoms with Gasteiger partial charge in [-0.25, -0.2) is 4.39 Å². The van der Waals surface area contributed by atoms with Gasteiger partial charge in [0, 0.05) is 5.56 Å². The van der Waals surface area contributed by atoms with Gasteiger partial charge in [0.25, 0.3) is 0 Å². The molecule has 2 rings (SSSR count). The summed E-state index contributed by atoms with van der Waals surface area (Å²) < 4.78 is 18.8. The van der Waals surface area contributed by atoms with Crippen LogP contribution in [0.3, 0.4) is 0 Å². The number of hydrogen-bond donors (Lipinski definition) is 0. The Bertz CT molecular complexity index is 585. The minimum absolute atomic E-state index is 0.267. The smallest absolute Gasteiger partial charge is 0.150 e. The minimum atomic E-state index is -0.267. The van der Waals surface area contributed by atoms with Crippen LogP contribution in [0, 0.1) is 19.7 Å². The summed E-state index contributed by atoms with van der Waals surface area (Å²) in [5, 5.41) is 0. The molecule has 2 aromatic carbocycles. The zero-order chi connectivity index (χ0) is 13.8. The summed E-state index contributed by atoms with van der Waals surface area (Å²) in [6.45, 7) is 4.01. The number of carbonyl (C=O) groups is 1. The molecule has 0 saturated carbocycles. The van der Waals surface area contributed by atoms with Crippen LogP contribution < -0.4 is 4.74 Å². The van der Waals surface area contributed by atoms with Gasteiger partial charge in [-0.05, 0) is 60.9 Å². The molecule has 0 fully saturated rings. The molecule has 2 aromatic rings. The number of ether oxygens (including phenoxy) is 1. The van der Waals surface area contributed by atoms with Crippen molar-refractivity contribution in [3.63, 3.8) is 0 Å². The van der Waals surface area contributed by atoms with Gasteiger partial charge in [0.15, 0.2) is 0 Å². The summed E-state index contributed by atoms with van der Waals surface area (Å²) in [5.41, 5.74) is 3.16. The summed E-state index contributed by atoms with van der Waals surface area (Å²) in [7, 11) is 0. The van der Waals surface area contributed by atoms with Crippen LogP contribution in [-0.4, -0.2) is 6.29 Å². The van der Waals surface area contributed by atoms with Crippen LogP contribution in [0.2, 0.25) is 0 Å². The molecule has 0 saturated heterocycles. The maximum atomic E-state index is 13.2. The lowest BCUT2D eigenvalue weighted by Crippen LogP contribution is -1.98. The molecule has 0 bridgehead atoms. The second-order valence-corrected chi connectivity index (χ2v) is 4.62. The van der Waals surface area contributed by atoms with Gasteiger partial charge in [-0.3, -0.25) is 4.79 Å². The van der Waals surface area contributed by atoms with Gasteiger partial charge in [0.1, 0.15) is 24.5 Å². The molecule has 0 heterocycles. The van der Waals surface area contributed by atoms with E-state index in [4.69, 9.17) is 4.74 Å². The van der Waals surface area contributed by atoms with Crippen molar-refractivity contribution in [2.75, 3.05) is 0 Å². The van der Waals surface area contributed by atoms with Crippen LogP contribution >= 0.6 is 0 Å². The summed E-state index contributed by atoms with van der Waals surface area (Å²) >= 11 is 0. The van der Waals surface area contributed by atoms with Gasteiger partial charge >= 0.3 is 0 Å². The first-order valence-corrected chi connectivity index (χ1v) is 6.02. The SMILES string of the molecule is Cc1cc(F)cc(COc2cc(C)cc(C=O)c2)c1. The van der Waals surface area contributed by atoms with Gasteiger partial charge in [0.2, 0.25) is 0 Å². The number of aldehydes is 1. The van der Waals surface area contributed by atoms with E-state index in [1.54, 1.807) is 12.1 Å². The van der Waals surface area contributed by atoms with Crippen LogP contribution in [0.15, 0.2) is 36.4 Å². The van der Waals surface area contributed by atoms with Crippen molar-refractivity contribution in [1.82, 2.24) is 0 Å². The zero-order valence-corrected chi connectivity index (χ0v) is 10.9. The van der Waals surface area contributed by atoms with Crippen LogP contribution in [0.5, 0.6) is 5.75 Å². The molecule has 0 unspecified atom stereocenters. The molecular weight excluding hydrogens is 243 g/mol. The predicted octanol–water partition coefficient (Wildman–Crippen LogP) is 3.83. The Morgan fingerprint density at radius 3 is 2.47 bits per heavy atom. The van der Waals surface area contributed by atoms with Crippen LogP contribution in [0.25, 0.3) is 0 Å². The van der Waals surface area contributed by atoms with Gasteiger partial charge in [-0.1, -0.05) is 6.07 Å². The average Bonchev–Trinajstić information content (AvgIpc) is 2.34. The van der Waals surface area contributed by atoms with Crippen molar-refractivity contribution >= 4 is 6.29 Å². The third-order valence-electron chi connectivity index (χ3n) is 2.72. The van der Waals surface area contributed by atoms with E-state index >= 15 is 0 Å². The lowest BCUT2D eigenvalue weighted by Gasteiger charge is -2.09. The Hall–Kier alpha value is -2.16.